The molecule has 0 saturated heterocycles. The molecule has 96 valence electrons. The molecule has 1 nitrogen and oxygen atoms in total. The molecule has 0 radical (unpaired) electrons. The van der Waals surface area contributed by atoms with Gasteiger partial charge in [-0.1, -0.05) is 6.92 Å². The van der Waals surface area contributed by atoms with Crippen LogP contribution in [0.25, 0.3) is 0 Å². The standard InChI is InChI=1S/C11H12F5N/c1-3-5-17(4-2)11-9(15)7(13)6(12)8(14)10(11)16/h3-5H2,1-2H3/p+1. The molecule has 0 aliphatic carbocycles. The molecule has 0 amide bonds. The topological polar surface area (TPSA) is 4.44 Å². The number of halogens is 5. The van der Waals surface area contributed by atoms with E-state index in [0.29, 0.717) is 13.0 Å². The van der Waals surface area contributed by atoms with E-state index in [0.717, 1.165) is 0 Å². The fourth-order valence-corrected chi connectivity index (χ4v) is 1.70. The summed E-state index contributed by atoms with van der Waals surface area (Å²) in [6.07, 6.45) is 0.572. The van der Waals surface area contributed by atoms with Gasteiger partial charge in [-0.2, -0.15) is 8.78 Å². The Labute approximate surface area is 95.8 Å². The third-order valence-corrected chi connectivity index (χ3v) is 2.54. The second-order valence-electron chi connectivity index (χ2n) is 3.65. The maximum absolute atomic E-state index is 13.4. The first-order valence-electron chi connectivity index (χ1n) is 5.32. The molecule has 0 aliphatic heterocycles. The second kappa shape index (κ2) is 5.44. The lowest BCUT2D eigenvalue weighted by Gasteiger charge is -2.18. The van der Waals surface area contributed by atoms with Crippen LogP contribution in [0.15, 0.2) is 0 Å². The quantitative estimate of drug-likeness (QED) is 0.478. The molecule has 0 aromatic heterocycles. The summed E-state index contributed by atoms with van der Waals surface area (Å²) in [6, 6.07) is 0. The molecule has 0 heterocycles. The number of hydrogen-bond acceptors (Lipinski definition) is 0. The Bertz CT molecular complexity index is 390. The van der Waals surface area contributed by atoms with Gasteiger partial charge >= 0.3 is 0 Å². The van der Waals surface area contributed by atoms with Gasteiger partial charge < -0.3 is 0 Å². The van der Waals surface area contributed by atoms with E-state index in [-0.39, 0.29) is 11.4 Å². The molecule has 1 aromatic carbocycles. The van der Waals surface area contributed by atoms with Gasteiger partial charge in [0.05, 0.1) is 13.1 Å². The molecule has 1 N–H and O–H groups in total. The largest absolute Gasteiger partial charge is 0.297 e. The minimum atomic E-state index is -2.12. The van der Waals surface area contributed by atoms with Gasteiger partial charge in [-0.05, 0) is 13.3 Å². The van der Waals surface area contributed by atoms with Crippen molar-refractivity contribution in [1.29, 1.82) is 0 Å². The molecule has 0 aliphatic rings. The molecule has 0 saturated carbocycles. The van der Waals surface area contributed by atoms with Crippen molar-refractivity contribution in [2.75, 3.05) is 13.1 Å². The number of quaternary nitrogens is 1. The average Bonchev–Trinajstić information content (AvgIpc) is 2.33. The highest BCUT2D eigenvalue weighted by atomic mass is 19.2. The molecule has 1 atom stereocenters. The van der Waals surface area contributed by atoms with Crippen LogP contribution in [0.2, 0.25) is 0 Å². The van der Waals surface area contributed by atoms with Gasteiger partial charge in [-0.15, -0.1) is 0 Å². The van der Waals surface area contributed by atoms with Crippen LogP contribution in [0.3, 0.4) is 0 Å². The lowest BCUT2D eigenvalue weighted by molar-refractivity contribution is -0.833. The van der Waals surface area contributed by atoms with E-state index in [4.69, 9.17) is 0 Å². The molecule has 0 bridgehead atoms. The van der Waals surface area contributed by atoms with Crippen LogP contribution in [0.4, 0.5) is 27.6 Å². The van der Waals surface area contributed by atoms with E-state index in [9.17, 15) is 22.0 Å². The SMILES string of the molecule is CCC[NH+](CC)c1c(F)c(F)c(F)c(F)c1F. The number of rotatable bonds is 4. The lowest BCUT2D eigenvalue weighted by atomic mass is 10.2. The summed E-state index contributed by atoms with van der Waals surface area (Å²) in [4.78, 5) is 0.236. The van der Waals surface area contributed by atoms with Gasteiger partial charge in [0.15, 0.2) is 0 Å². The van der Waals surface area contributed by atoms with Crippen LogP contribution >= 0.6 is 0 Å². The first-order chi connectivity index (χ1) is 7.95. The summed E-state index contributed by atoms with van der Waals surface area (Å²) in [6.45, 7) is 3.92. The minimum Gasteiger partial charge on any atom is -0.297 e. The highest BCUT2D eigenvalue weighted by molar-refractivity contribution is 5.35. The molecule has 0 spiro atoms. The molecule has 1 unspecified atom stereocenters. The third-order valence-electron chi connectivity index (χ3n) is 2.54. The summed E-state index contributed by atoms with van der Waals surface area (Å²) in [5.41, 5.74) is -0.772. The van der Waals surface area contributed by atoms with Crippen LogP contribution in [0, 0.1) is 29.1 Å². The Morgan fingerprint density at radius 3 is 1.53 bits per heavy atom. The average molecular weight is 254 g/mol. The van der Waals surface area contributed by atoms with Crippen molar-refractivity contribution in [1.82, 2.24) is 0 Å². The number of hydrogen-bond donors (Lipinski definition) is 1. The first kappa shape index (κ1) is 13.9. The lowest BCUT2D eigenvalue weighted by Crippen LogP contribution is -3.07. The van der Waals surface area contributed by atoms with Crippen molar-refractivity contribution >= 4 is 5.69 Å². The van der Waals surface area contributed by atoms with Crippen LogP contribution in [0.1, 0.15) is 20.3 Å². The van der Waals surface area contributed by atoms with Crippen LogP contribution in [-0.4, -0.2) is 13.1 Å². The normalized spacial score (nSPS) is 12.9. The second-order valence-corrected chi connectivity index (χ2v) is 3.65. The van der Waals surface area contributed by atoms with E-state index in [1.54, 1.807) is 13.8 Å². The molecule has 17 heavy (non-hydrogen) atoms. The molecule has 6 heteroatoms. The van der Waals surface area contributed by atoms with E-state index >= 15 is 0 Å². The van der Waals surface area contributed by atoms with E-state index in [1.165, 1.54) is 0 Å². The Hall–Kier alpha value is -1.17. The predicted octanol–water partition coefficient (Wildman–Crippen LogP) is 2.33. The molecular formula is C11H13F5N+. The molecular weight excluding hydrogens is 241 g/mol. The summed E-state index contributed by atoms with van der Waals surface area (Å²) >= 11 is 0. The third kappa shape index (κ3) is 2.41. The van der Waals surface area contributed by atoms with Crippen molar-refractivity contribution in [2.45, 2.75) is 20.3 Å². The maximum atomic E-state index is 13.4. The van der Waals surface area contributed by atoms with Crippen molar-refractivity contribution in [2.24, 2.45) is 0 Å². The van der Waals surface area contributed by atoms with Crippen molar-refractivity contribution in [3.8, 4) is 0 Å². The van der Waals surface area contributed by atoms with E-state index in [2.05, 4.69) is 0 Å². The summed E-state index contributed by atoms with van der Waals surface area (Å²) in [7, 11) is 0. The van der Waals surface area contributed by atoms with Gasteiger partial charge in [-0.3, -0.25) is 4.90 Å². The Morgan fingerprint density at radius 2 is 1.18 bits per heavy atom. The fourth-order valence-electron chi connectivity index (χ4n) is 1.70. The Kier molecular flexibility index (Phi) is 4.45. The summed E-state index contributed by atoms with van der Waals surface area (Å²) in [5, 5.41) is 0. The smallest absolute Gasteiger partial charge is 0.225 e. The highest BCUT2D eigenvalue weighted by Crippen LogP contribution is 2.24. The van der Waals surface area contributed by atoms with Gasteiger partial charge in [0, 0.05) is 0 Å². The molecule has 0 fully saturated rings. The van der Waals surface area contributed by atoms with E-state index in [1.807, 2.05) is 0 Å². The zero-order chi connectivity index (χ0) is 13.2. The zero-order valence-corrected chi connectivity index (χ0v) is 9.51. The number of benzene rings is 1. The zero-order valence-electron chi connectivity index (χ0n) is 9.51. The predicted molar refractivity (Wildman–Crippen MR) is 52.6 cm³/mol. The highest BCUT2D eigenvalue weighted by Gasteiger charge is 2.31. The van der Waals surface area contributed by atoms with Crippen LogP contribution in [0.5, 0.6) is 0 Å². The molecule has 1 aromatic rings. The summed E-state index contributed by atoms with van der Waals surface area (Å²) < 4.78 is 65.6. The number of nitrogens with one attached hydrogen (secondary N) is 1. The minimum absolute atomic E-state index is 0.236. The van der Waals surface area contributed by atoms with Gasteiger partial charge in [0.2, 0.25) is 34.8 Å². The van der Waals surface area contributed by atoms with Crippen molar-refractivity contribution in [3.63, 3.8) is 0 Å². The van der Waals surface area contributed by atoms with Crippen LogP contribution in [-0.2, 0) is 0 Å². The van der Waals surface area contributed by atoms with Crippen molar-refractivity contribution in [3.05, 3.63) is 29.1 Å². The summed E-state index contributed by atoms with van der Waals surface area (Å²) in [5.74, 6) is -9.38. The van der Waals surface area contributed by atoms with Gasteiger partial charge in [0.25, 0.3) is 0 Å². The Morgan fingerprint density at radius 1 is 0.765 bits per heavy atom. The monoisotopic (exact) mass is 254 g/mol. The molecule has 1 rings (SSSR count). The van der Waals surface area contributed by atoms with Crippen molar-refractivity contribution < 1.29 is 26.9 Å². The van der Waals surface area contributed by atoms with Crippen LogP contribution < -0.4 is 4.90 Å². The van der Waals surface area contributed by atoms with Gasteiger partial charge in [0.1, 0.15) is 0 Å². The van der Waals surface area contributed by atoms with Gasteiger partial charge in [-0.25, -0.2) is 13.2 Å². The Balaban J connectivity index is 3.41. The first-order valence-corrected chi connectivity index (χ1v) is 5.32. The van der Waals surface area contributed by atoms with E-state index < -0.39 is 34.8 Å². The fraction of sp³-hybridized carbons (Fsp3) is 0.455. The maximum Gasteiger partial charge on any atom is 0.225 e.